The number of benzene rings is 2. The fraction of sp³-hybridized carbons (Fsp3) is 0.240. The number of hydrogen-bond donors (Lipinski definition) is 0. The molecule has 58 heavy (non-hydrogen) atoms. The molecule has 2 saturated heterocycles. The van der Waals surface area contributed by atoms with Crippen LogP contribution >= 0.6 is 0 Å². The van der Waals surface area contributed by atoms with Gasteiger partial charge >= 0.3 is 34.1 Å². The molecular formula is C50H52Fe2O6+4. The standard InChI is InChI=1S/C40H42O6.2C5H5.2Fe/c1-41-27-35-23-25-43-39(45-35)37-7-3-5-33(37)21-19-31-15-11-29(12-16-31)9-10-30-13-17-32(18-14-30)20-22-34-6-4-8-38(34)40-44-26-24-36(46-40)28-42-2;2*1-2-4-5-3-1;;/h3-22,35-36,39-40H,23-28H2,1-2H3;2*1-5H;;/q;;;2*+2/b10-9+,21-19+,22-20+;;;;/t35-,36-,39-,40-;;;;/m0..../s1. The minimum Gasteiger partial charge on any atom is -0.382 e. The first-order valence-electron chi connectivity index (χ1n) is 19.3. The monoisotopic (exact) mass is 860 g/mol. The van der Waals surface area contributed by atoms with Crippen LogP contribution in [0.15, 0.2) is 60.7 Å². The molecule has 8 heteroatoms. The smallest absolute Gasteiger partial charge is 0.382 e. The van der Waals surface area contributed by atoms with Gasteiger partial charge in [-0.05, 0) is 138 Å². The van der Waals surface area contributed by atoms with Crippen molar-refractivity contribution in [1.82, 2.24) is 0 Å². The van der Waals surface area contributed by atoms with Gasteiger partial charge in [-0.25, -0.2) is 0 Å². The van der Waals surface area contributed by atoms with Gasteiger partial charge in [-0.1, -0.05) is 85.0 Å². The summed E-state index contributed by atoms with van der Waals surface area (Å²) in [6.45, 7) is 2.50. The quantitative estimate of drug-likeness (QED) is 0.157. The summed E-state index contributed by atoms with van der Waals surface area (Å²) in [4.78, 5) is 0. The van der Waals surface area contributed by atoms with E-state index < -0.39 is 0 Å². The van der Waals surface area contributed by atoms with Crippen LogP contribution in [0.3, 0.4) is 0 Å². The van der Waals surface area contributed by atoms with Crippen LogP contribution in [0.5, 0.6) is 0 Å². The zero-order valence-electron chi connectivity index (χ0n) is 33.0. The van der Waals surface area contributed by atoms with Gasteiger partial charge in [-0.3, -0.25) is 0 Å². The van der Waals surface area contributed by atoms with Gasteiger partial charge < -0.3 is 28.4 Å². The summed E-state index contributed by atoms with van der Waals surface area (Å²) in [5.74, 6) is 4.30. The molecule has 20 radical (unpaired) electrons. The molecule has 4 saturated carbocycles. The molecule has 4 aliphatic carbocycles. The van der Waals surface area contributed by atoms with Gasteiger partial charge in [0.1, 0.15) is 0 Å². The molecule has 0 bridgehead atoms. The van der Waals surface area contributed by atoms with Crippen molar-refractivity contribution in [3.8, 4) is 0 Å². The molecule has 2 aliphatic heterocycles. The van der Waals surface area contributed by atoms with Crippen molar-refractivity contribution >= 4 is 24.3 Å². The van der Waals surface area contributed by atoms with Crippen molar-refractivity contribution in [3.05, 3.63) is 209 Å². The average molecular weight is 861 g/mol. The van der Waals surface area contributed by atoms with E-state index in [1.54, 1.807) is 14.2 Å². The van der Waals surface area contributed by atoms with E-state index in [-0.39, 0.29) is 58.9 Å². The second-order valence-corrected chi connectivity index (χ2v) is 13.5. The minimum atomic E-state index is -0.360. The van der Waals surface area contributed by atoms with E-state index in [9.17, 15) is 0 Å². The van der Waals surface area contributed by atoms with E-state index in [2.05, 4.69) is 111 Å². The molecule has 0 amide bonds. The first-order chi connectivity index (χ1) is 27.7. The van der Waals surface area contributed by atoms with Crippen molar-refractivity contribution < 1.29 is 62.6 Å². The van der Waals surface area contributed by atoms with E-state index in [0.29, 0.717) is 26.4 Å². The Balaban J connectivity index is 0.000000542. The normalized spacial score (nSPS) is 26.0. The fourth-order valence-electron chi connectivity index (χ4n) is 6.39. The molecule has 0 spiro atoms. The Bertz CT molecular complexity index is 1320. The van der Waals surface area contributed by atoms with Crippen molar-refractivity contribution in [1.29, 1.82) is 0 Å². The Morgan fingerprint density at radius 1 is 0.448 bits per heavy atom. The van der Waals surface area contributed by atoms with E-state index in [4.69, 9.17) is 28.4 Å². The summed E-state index contributed by atoms with van der Waals surface area (Å²) in [5, 5.41) is 0. The first-order valence-corrected chi connectivity index (χ1v) is 19.3. The second-order valence-electron chi connectivity index (χ2n) is 13.5. The predicted octanol–water partition coefficient (Wildman–Crippen LogP) is 9.03. The van der Waals surface area contributed by atoms with Gasteiger partial charge in [0, 0.05) is 37.9 Å². The van der Waals surface area contributed by atoms with Gasteiger partial charge in [0.25, 0.3) is 0 Å². The number of allylic oxidation sites excluding steroid dienone is 2. The molecule has 0 aromatic heterocycles. The molecule has 2 heterocycles. The van der Waals surface area contributed by atoms with Crippen LogP contribution in [-0.4, -0.2) is 65.4 Å². The van der Waals surface area contributed by atoms with Crippen LogP contribution in [-0.2, 0) is 62.6 Å². The predicted molar refractivity (Wildman–Crippen MR) is 224 cm³/mol. The van der Waals surface area contributed by atoms with E-state index in [1.165, 1.54) is 0 Å². The fourth-order valence-corrected chi connectivity index (χ4v) is 6.39. The van der Waals surface area contributed by atoms with E-state index >= 15 is 0 Å². The Labute approximate surface area is 372 Å². The number of hydrogen-bond acceptors (Lipinski definition) is 6. The first kappa shape index (κ1) is 49.1. The molecule has 4 atom stereocenters. The van der Waals surface area contributed by atoms with Gasteiger partial charge in [-0.15, -0.1) is 0 Å². The molecule has 0 N–H and O–H groups in total. The molecule has 2 aromatic carbocycles. The summed E-state index contributed by atoms with van der Waals surface area (Å²) in [6.07, 6.45) is 46.3. The molecule has 6 fully saturated rings. The van der Waals surface area contributed by atoms with Crippen LogP contribution in [0.25, 0.3) is 24.3 Å². The summed E-state index contributed by atoms with van der Waals surface area (Å²) >= 11 is 0. The molecule has 0 unspecified atom stereocenters. The third kappa shape index (κ3) is 16.4. The molecule has 6 aliphatic rings. The Morgan fingerprint density at radius 2 is 0.759 bits per heavy atom. The Morgan fingerprint density at radius 3 is 1.07 bits per heavy atom. The summed E-state index contributed by atoms with van der Waals surface area (Å²) in [5.41, 5.74) is 4.55. The zero-order chi connectivity index (χ0) is 38.6. The van der Waals surface area contributed by atoms with Gasteiger partial charge in [-0.2, -0.15) is 0 Å². The molecule has 6 nitrogen and oxygen atoms in total. The summed E-state index contributed by atoms with van der Waals surface area (Å²) in [6, 6.07) is 17.1. The summed E-state index contributed by atoms with van der Waals surface area (Å²) in [7, 11) is 3.40. The van der Waals surface area contributed by atoms with Crippen LogP contribution in [0.2, 0.25) is 0 Å². The van der Waals surface area contributed by atoms with Crippen LogP contribution in [0.1, 0.15) is 35.1 Å². The molecule has 8 rings (SSSR count). The van der Waals surface area contributed by atoms with Gasteiger partial charge in [0.05, 0.1) is 38.6 Å². The SMILES string of the molecule is COC[C@@H]1CCO[C@H]([C]2[CH][CH][CH][C]2/C=C/c2ccc(/C=C/c3ccc(/C=C/[C]4[CH][CH][CH][C]4[C@H]4OCC[C@@H](COC)O4)cc3)cc2)O1.[CH]1[CH][CH][CH][CH]1.[CH]1[CH][CH][CH][CH]1.[Fe+2].[Fe+2]. The van der Waals surface area contributed by atoms with Gasteiger partial charge in [0.2, 0.25) is 0 Å². The number of rotatable bonds is 12. The maximum atomic E-state index is 6.11. The second kappa shape index (κ2) is 28.1. The van der Waals surface area contributed by atoms with E-state index in [1.807, 2.05) is 77.0 Å². The minimum absolute atomic E-state index is 0. The van der Waals surface area contributed by atoms with E-state index in [0.717, 1.165) is 58.8 Å². The maximum absolute atomic E-state index is 6.11. The molecule has 2 aromatic rings. The third-order valence-corrected chi connectivity index (χ3v) is 9.40. The molecular weight excluding hydrogens is 808 g/mol. The van der Waals surface area contributed by atoms with Crippen molar-refractivity contribution in [2.24, 2.45) is 0 Å². The summed E-state index contributed by atoms with van der Waals surface area (Å²) < 4.78 is 34.6. The Hall–Kier alpha value is -1.54. The maximum Gasteiger partial charge on any atom is 2.00 e. The van der Waals surface area contributed by atoms with Crippen molar-refractivity contribution in [2.75, 3.05) is 40.6 Å². The molecule has 300 valence electrons. The topological polar surface area (TPSA) is 55.4 Å². The zero-order valence-corrected chi connectivity index (χ0v) is 35.2. The third-order valence-electron chi connectivity index (χ3n) is 9.40. The largest absolute Gasteiger partial charge is 2.00 e. The van der Waals surface area contributed by atoms with Gasteiger partial charge in [0.15, 0.2) is 12.6 Å². The average Bonchev–Trinajstić information content (AvgIpc) is 4.10. The number of methoxy groups -OCH3 is 2. The Kier molecular flexibility index (Phi) is 23.8. The van der Waals surface area contributed by atoms with Crippen molar-refractivity contribution in [2.45, 2.75) is 37.6 Å². The van der Waals surface area contributed by atoms with Crippen molar-refractivity contribution in [3.63, 3.8) is 0 Å². The van der Waals surface area contributed by atoms with Crippen LogP contribution < -0.4 is 0 Å². The van der Waals surface area contributed by atoms with Crippen LogP contribution in [0, 0.1) is 126 Å². The van der Waals surface area contributed by atoms with Crippen LogP contribution in [0.4, 0.5) is 0 Å². The number of ether oxygens (including phenoxy) is 6.